The monoisotopic (exact) mass is 423 g/mol. The summed E-state index contributed by atoms with van der Waals surface area (Å²) in [7, 11) is -3.53. The number of amides is 1. The van der Waals surface area contributed by atoms with Crippen molar-refractivity contribution >= 4 is 31.7 Å². The highest BCUT2D eigenvalue weighted by molar-refractivity contribution is 9.10. The van der Waals surface area contributed by atoms with Crippen LogP contribution in [0, 0.1) is 13.8 Å². The molecule has 2 rings (SSSR count). The second-order valence-corrected chi connectivity index (χ2v) is 9.29. The summed E-state index contributed by atoms with van der Waals surface area (Å²) in [5, 5.41) is 2.79. The van der Waals surface area contributed by atoms with E-state index in [2.05, 4.69) is 21.2 Å². The van der Waals surface area contributed by atoms with E-state index in [4.69, 9.17) is 0 Å². The van der Waals surface area contributed by atoms with Gasteiger partial charge in [0.2, 0.25) is 5.91 Å². The summed E-state index contributed by atoms with van der Waals surface area (Å²) in [5.74, 6) is -1.16. The van der Waals surface area contributed by atoms with Gasteiger partial charge in [-0.15, -0.1) is 0 Å². The molecule has 0 saturated carbocycles. The van der Waals surface area contributed by atoms with Gasteiger partial charge in [0.15, 0.2) is 9.84 Å². The van der Waals surface area contributed by atoms with Crippen LogP contribution in [0.5, 0.6) is 0 Å². The van der Waals surface area contributed by atoms with E-state index in [0.717, 1.165) is 21.2 Å². The maximum Gasteiger partial charge on any atom is 0.235 e. The van der Waals surface area contributed by atoms with Crippen LogP contribution >= 0.6 is 15.9 Å². The molecule has 0 spiro atoms. The summed E-state index contributed by atoms with van der Waals surface area (Å²) in [6.45, 7) is 5.82. The van der Waals surface area contributed by atoms with Gasteiger partial charge in [-0.2, -0.15) is 0 Å². The van der Waals surface area contributed by atoms with Crippen LogP contribution < -0.4 is 5.32 Å². The first-order chi connectivity index (χ1) is 11.7. The molecule has 0 aliphatic rings. The average molecular weight is 424 g/mol. The van der Waals surface area contributed by atoms with Crippen LogP contribution in [-0.2, 0) is 20.4 Å². The van der Waals surface area contributed by atoms with Gasteiger partial charge >= 0.3 is 0 Å². The smallest absolute Gasteiger partial charge is 0.235 e. The lowest BCUT2D eigenvalue weighted by atomic mass is 10.00. The molecule has 0 aromatic heterocycles. The molecule has 0 fully saturated rings. The fraction of sp³-hybridized carbons (Fsp3) is 0.316. The Morgan fingerprint density at radius 3 is 2.56 bits per heavy atom. The first-order valence-corrected chi connectivity index (χ1v) is 10.6. The molecule has 6 heteroatoms. The minimum atomic E-state index is -3.53. The largest absolute Gasteiger partial charge is 0.349 e. The summed E-state index contributed by atoms with van der Waals surface area (Å²) in [4.78, 5) is 12.2. The van der Waals surface area contributed by atoms with Crippen LogP contribution in [0.2, 0.25) is 0 Å². The zero-order valence-corrected chi connectivity index (χ0v) is 16.9. The van der Waals surface area contributed by atoms with Gasteiger partial charge in [-0.05, 0) is 49.6 Å². The van der Waals surface area contributed by atoms with Crippen molar-refractivity contribution in [1.29, 1.82) is 0 Å². The molecule has 2 aromatic rings. The molecule has 134 valence electrons. The topological polar surface area (TPSA) is 63.2 Å². The van der Waals surface area contributed by atoms with Crippen molar-refractivity contribution in [2.45, 2.75) is 32.6 Å². The van der Waals surface area contributed by atoms with Crippen LogP contribution in [0.4, 0.5) is 0 Å². The van der Waals surface area contributed by atoms with E-state index in [9.17, 15) is 13.2 Å². The van der Waals surface area contributed by atoms with Gasteiger partial charge in [0, 0.05) is 4.47 Å². The Hall–Kier alpha value is -1.66. The fourth-order valence-corrected chi connectivity index (χ4v) is 4.44. The highest BCUT2D eigenvalue weighted by atomic mass is 79.9. The van der Waals surface area contributed by atoms with Gasteiger partial charge in [0.25, 0.3) is 0 Å². The maximum atomic E-state index is 12.3. The second-order valence-electron chi connectivity index (χ2n) is 6.31. The molecule has 0 radical (unpaired) electrons. The van der Waals surface area contributed by atoms with Crippen molar-refractivity contribution in [1.82, 2.24) is 5.32 Å². The van der Waals surface area contributed by atoms with Gasteiger partial charge in [-0.1, -0.05) is 51.8 Å². The molecule has 2 aromatic carbocycles. The van der Waals surface area contributed by atoms with E-state index >= 15 is 0 Å². The van der Waals surface area contributed by atoms with Crippen LogP contribution in [-0.4, -0.2) is 20.1 Å². The number of benzene rings is 2. The summed E-state index contributed by atoms with van der Waals surface area (Å²) in [6, 6.07) is 12.9. The molecule has 1 amide bonds. The van der Waals surface area contributed by atoms with Crippen LogP contribution in [0.15, 0.2) is 46.9 Å². The van der Waals surface area contributed by atoms with E-state index < -0.39 is 21.5 Å². The third-order valence-corrected chi connectivity index (χ3v) is 5.87. The minimum Gasteiger partial charge on any atom is -0.349 e. The van der Waals surface area contributed by atoms with Crippen molar-refractivity contribution in [2.24, 2.45) is 0 Å². The molecule has 1 unspecified atom stereocenters. The maximum absolute atomic E-state index is 12.3. The quantitative estimate of drug-likeness (QED) is 0.766. The second kappa shape index (κ2) is 8.15. The molecular formula is C19H22BrNO3S. The molecule has 0 aliphatic carbocycles. The lowest BCUT2D eigenvalue weighted by Gasteiger charge is -2.17. The zero-order chi connectivity index (χ0) is 18.6. The third kappa shape index (κ3) is 5.97. The van der Waals surface area contributed by atoms with Gasteiger partial charge in [-0.3, -0.25) is 4.79 Å². The number of nitrogens with one attached hydrogen (secondary N) is 1. The lowest BCUT2D eigenvalue weighted by Crippen LogP contribution is -2.33. The summed E-state index contributed by atoms with van der Waals surface area (Å²) >= 11 is 3.32. The minimum absolute atomic E-state index is 0.155. The molecule has 4 nitrogen and oxygen atoms in total. The van der Waals surface area contributed by atoms with Crippen LogP contribution in [0.3, 0.4) is 0 Å². The Labute approximate surface area is 157 Å². The number of sulfone groups is 1. The molecule has 1 N–H and O–H groups in total. The van der Waals surface area contributed by atoms with Crippen molar-refractivity contribution < 1.29 is 13.2 Å². The molecule has 0 heterocycles. The van der Waals surface area contributed by atoms with E-state index in [0.29, 0.717) is 5.56 Å². The number of carbonyl (C=O) groups excluding carboxylic acids is 1. The van der Waals surface area contributed by atoms with Crippen molar-refractivity contribution in [3.05, 3.63) is 69.2 Å². The van der Waals surface area contributed by atoms with Crippen LogP contribution in [0.1, 0.15) is 35.2 Å². The summed E-state index contributed by atoms with van der Waals surface area (Å²) < 4.78 is 25.4. The van der Waals surface area contributed by atoms with E-state index in [1.54, 1.807) is 18.2 Å². The number of aryl methyl sites for hydroxylation is 2. The van der Waals surface area contributed by atoms with Crippen molar-refractivity contribution in [3.8, 4) is 0 Å². The molecule has 0 bridgehead atoms. The lowest BCUT2D eigenvalue weighted by molar-refractivity contribution is -0.119. The third-order valence-electron chi connectivity index (χ3n) is 3.91. The zero-order valence-electron chi connectivity index (χ0n) is 14.5. The van der Waals surface area contributed by atoms with Gasteiger partial charge < -0.3 is 5.32 Å². The molecule has 0 aliphatic heterocycles. The number of hydrogen-bond donors (Lipinski definition) is 1. The molecule has 25 heavy (non-hydrogen) atoms. The SMILES string of the molecule is Cc1ccc(C)c(C(C)NC(=O)CS(=O)(=O)Cc2cccc(Br)c2)c1. The van der Waals surface area contributed by atoms with Crippen molar-refractivity contribution in [2.75, 3.05) is 5.75 Å². The van der Waals surface area contributed by atoms with E-state index in [-0.39, 0.29) is 11.8 Å². The molecule has 0 saturated heterocycles. The molecule has 1 atom stereocenters. The standard InChI is InChI=1S/C19H22BrNO3S/c1-13-7-8-14(2)18(9-13)15(3)21-19(22)12-25(23,24)11-16-5-4-6-17(20)10-16/h4-10,15H,11-12H2,1-3H3,(H,21,22). The van der Waals surface area contributed by atoms with E-state index in [1.165, 1.54) is 0 Å². The number of halogens is 1. The number of carbonyl (C=O) groups is 1. The van der Waals surface area contributed by atoms with E-state index in [1.807, 2.05) is 45.0 Å². The fourth-order valence-electron chi connectivity index (χ4n) is 2.72. The number of hydrogen-bond acceptors (Lipinski definition) is 3. The predicted molar refractivity (Wildman–Crippen MR) is 104 cm³/mol. The Morgan fingerprint density at radius 1 is 1.16 bits per heavy atom. The summed E-state index contributed by atoms with van der Waals surface area (Å²) in [6.07, 6.45) is 0. The highest BCUT2D eigenvalue weighted by Gasteiger charge is 2.20. The number of rotatable bonds is 6. The predicted octanol–water partition coefficient (Wildman–Crippen LogP) is 3.86. The Kier molecular flexibility index (Phi) is 6.41. The normalized spacial score (nSPS) is 12.6. The highest BCUT2D eigenvalue weighted by Crippen LogP contribution is 2.19. The first kappa shape index (κ1) is 19.7. The Balaban J connectivity index is 2.02. The Morgan fingerprint density at radius 2 is 1.88 bits per heavy atom. The molecular weight excluding hydrogens is 402 g/mol. The van der Waals surface area contributed by atoms with Gasteiger partial charge in [0.1, 0.15) is 5.75 Å². The van der Waals surface area contributed by atoms with Gasteiger partial charge in [0.05, 0.1) is 11.8 Å². The summed E-state index contributed by atoms with van der Waals surface area (Å²) in [5.41, 5.74) is 3.82. The Bertz CT molecular complexity index is 878. The van der Waals surface area contributed by atoms with Crippen LogP contribution in [0.25, 0.3) is 0 Å². The average Bonchev–Trinajstić information content (AvgIpc) is 2.48. The first-order valence-electron chi connectivity index (χ1n) is 7.97. The van der Waals surface area contributed by atoms with Gasteiger partial charge in [-0.25, -0.2) is 8.42 Å². The van der Waals surface area contributed by atoms with Crippen molar-refractivity contribution in [3.63, 3.8) is 0 Å².